The second kappa shape index (κ2) is 8.02. The molecule has 1 saturated carbocycles. The molecule has 5 heteroatoms. The van der Waals surface area contributed by atoms with Crippen molar-refractivity contribution < 1.29 is 4.74 Å². The van der Waals surface area contributed by atoms with Gasteiger partial charge >= 0.3 is 0 Å². The van der Waals surface area contributed by atoms with E-state index in [1.54, 1.807) is 23.6 Å². The second-order valence-corrected chi connectivity index (χ2v) is 8.45. The molecule has 1 saturated heterocycles. The van der Waals surface area contributed by atoms with Gasteiger partial charge in [-0.1, -0.05) is 19.3 Å². The second-order valence-electron chi connectivity index (χ2n) is 7.34. The van der Waals surface area contributed by atoms with Crippen LogP contribution in [0.4, 0.5) is 0 Å². The zero-order valence-corrected chi connectivity index (χ0v) is 15.7. The summed E-state index contributed by atoms with van der Waals surface area (Å²) < 4.78 is 5.35. The summed E-state index contributed by atoms with van der Waals surface area (Å²) in [7, 11) is 0. The van der Waals surface area contributed by atoms with Crippen LogP contribution < -0.4 is 5.43 Å². The summed E-state index contributed by atoms with van der Waals surface area (Å²) in [6, 6.07) is 2.51. The van der Waals surface area contributed by atoms with Gasteiger partial charge in [-0.2, -0.15) is 0 Å². The highest BCUT2D eigenvalue weighted by atomic mass is 32.1. The quantitative estimate of drug-likeness (QED) is 0.843. The van der Waals surface area contributed by atoms with Crippen LogP contribution in [0.1, 0.15) is 49.0 Å². The van der Waals surface area contributed by atoms with E-state index in [9.17, 15) is 4.79 Å². The normalized spacial score (nSPS) is 21.8. The Bertz CT molecular complexity index is 739. The van der Waals surface area contributed by atoms with Crippen LogP contribution in [0.25, 0.3) is 10.2 Å². The minimum atomic E-state index is 0.174. The van der Waals surface area contributed by atoms with Gasteiger partial charge in [-0.25, -0.2) is 0 Å². The molecule has 2 aromatic heterocycles. The monoisotopic (exact) mass is 360 g/mol. The van der Waals surface area contributed by atoms with Crippen molar-refractivity contribution in [2.24, 2.45) is 0 Å². The van der Waals surface area contributed by atoms with Crippen LogP contribution in [0.2, 0.25) is 0 Å². The molecule has 4 nitrogen and oxygen atoms in total. The molecular formula is C20H28N2O2S. The van der Waals surface area contributed by atoms with E-state index in [-0.39, 0.29) is 5.43 Å². The molecule has 0 atom stereocenters. The first kappa shape index (κ1) is 17.3. The van der Waals surface area contributed by atoms with Crippen LogP contribution in [-0.2, 0) is 17.6 Å². The van der Waals surface area contributed by atoms with Crippen molar-refractivity contribution in [1.29, 1.82) is 0 Å². The molecule has 25 heavy (non-hydrogen) atoms. The van der Waals surface area contributed by atoms with Gasteiger partial charge in [-0.05, 0) is 37.7 Å². The topological polar surface area (TPSA) is 45.3 Å². The molecule has 2 fully saturated rings. The summed E-state index contributed by atoms with van der Waals surface area (Å²) in [5, 5.41) is 0.944. The molecule has 1 aliphatic heterocycles. The molecule has 0 unspecified atom stereocenters. The Kier molecular flexibility index (Phi) is 5.54. The molecule has 0 bridgehead atoms. The number of aromatic amines is 1. The predicted octanol–water partition coefficient (Wildman–Crippen LogP) is 3.73. The molecule has 0 spiro atoms. The highest BCUT2D eigenvalue weighted by Crippen LogP contribution is 2.34. The van der Waals surface area contributed by atoms with Crippen molar-refractivity contribution in [3.05, 3.63) is 32.9 Å². The van der Waals surface area contributed by atoms with Crippen molar-refractivity contribution in [2.45, 2.75) is 57.4 Å². The smallest absolute Gasteiger partial charge is 0.190 e. The van der Waals surface area contributed by atoms with E-state index in [2.05, 4.69) is 9.88 Å². The maximum absolute atomic E-state index is 11.6. The standard InChI is InChI=1S/C10H9NOS.C10H19NO/c12-7-4-5-11-10-9(7)6-2-1-3-8(6)13-10;1-2-4-10(5-3-1)11-6-8-12-9-7-11/h4-5H,1-3H2,(H,11,12);10H,1-9H2. The number of hydrogen-bond acceptors (Lipinski definition) is 4. The van der Waals surface area contributed by atoms with Crippen molar-refractivity contribution in [2.75, 3.05) is 26.3 Å². The van der Waals surface area contributed by atoms with Gasteiger partial charge in [0.15, 0.2) is 5.43 Å². The number of morpholine rings is 1. The van der Waals surface area contributed by atoms with E-state index in [0.29, 0.717) is 0 Å². The van der Waals surface area contributed by atoms with E-state index in [1.165, 1.54) is 62.1 Å². The lowest BCUT2D eigenvalue weighted by molar-refractivity contribution is 0.00858. The van der Waals surface area contributed by atoms with Gasteiger partial charge in [0.05, 0.1) is 18.6 Å². The van der Waals surface area contributed by atoms with Crippen LogP contribution >= 0.6 is 11.3 Å². The summed E-state index contributed by atoms with van der Waals surface area (Å²) in [6.45, 7) is 4.25. The maximum Gasteiger partial charge on any atom is 0.190 e. The number of aryl methyl sites for hydroxylation is 2. The lowest BCUT2D eigenvalue weighted by Gasteiger charge is -2.36. The predicted molar refractivity (Wildman–Crippen MR) is 104 cm³/mol. The number of rotatable bonds is 1. The molecule has 5 rings (SSSR count). The van der Waals surface area contributed by atoms with Gasteiger partial charge in [0.1, 0.15) is 4.83 Å². The lowest BCUT2D eigenvalue weighted by Crippen LogP contribution is -2.44. The number of hydrogen-bond donors (Lipinski definition) is 1. The molecule has 1 N–H and O–H groups in total. The first-order valence-electron chi connectivity index (χ1n) is 9.76. The highest BCUT2D eigenvalue weighted by Gasteiger charge is 2.22. The third-order valence-corrected chi connectivity index (χ3v) is 6.98. The zero-order chi connectivity index (χ0) is 17.1. The van der Waals surface area contributed by atoms with Gasteiger partial charge in [-0.15, -0.1) is 11.3 Å². The third-order valence-electron chi connectivity index (χ3n) is 5.75. The summed E-state index contributed by atoms with van der Waals surface area (Å²) in [5.41, 5.74) is 1.48. The molecule has 0 aromatic carbocycles. The summed E-state index contributed by atoms with van der Waals surface area (Å²) in [6.07, 6.45) is 12.4. The van der Waals surface area contributed by atoms with Crippen LogP contribution in [0.15, 0.2) is 17.1 Å². The Morgan fingerprint density at radius 2 is 1.88 bits per heavy atom. The number of thiophene rings is 1. The Hall–Kier alpha value is -1.17. The average Bonchev–Trinajstić information content (AvgIpc) is 3.25. The van der Waals surface area contributed by atoms with Gasteiger partial charge in [0.2, 0.25) is 0 Å². The average molecular weight is 361 g/mol. The van der Waals surface area contributed by atoms with Gasteiger partial charge in [0, 0.05) is 36.3 Å². The van der Waals surface area contributed by atoms with Crippen LogP contribution in [0.3, 0.4) is 0 Å². The van der Waals surface area contributed by atoms with E-state index < -0.39 is 0 Å². The minimum Gasteiger partial charge on any atom is -0.379 e. The van der Waals surface area contributed by atoms with Crippen molar-refractivity contribution in [1.82, 2.24) is 9.88 Å². The van der Waals surface area contributed by atoms with Crippen LogP contribution in [0.5, 0.6) is 0 Å². The molecule has 0 radical (unpaired) electrons. The fourth-order valence-corrected chi connectivity index (χ4v) is 5.70. The number of fused-ring (bicyclic) bond motifs is 3. The minimum absolute atomic E-state index is 0.174. The Balaban J connectivity index is 0.000000126. The van der Waals surface area contributed by atoms with Crippen molar-refractivity contribution in [3.63, 3.8) is 0 Å². The molecule has 136 valence electrons. The molecule has 2 aromatic rings. The van der Waals surface area contributed by atoms with Crippen LogP contribution in [0, 0.1) is 0 Å². The largest absolute Gasteiger partial charge is 0.379 e. The molecule has 3 aliphatic rings. The summed E-state index contributed by atoms with van der Waals surface area (Å²) in [4.78, 5) is 19.8. The van der Waals surface area contributed by atoms with Gasteiger partial charge in [-0.3, -0.25) is 9.69 Å². The van der Waals surface area contributed by atoms with E-state index in [1.807, 2.05) is 0 Å². The molecule has 2 aliphatic carbocycles. The van der Waals surface area contributed by atoms with Gasteiger partial charge < -0.3 is 9.72 Å². The zero-order valence-electron chi connectivity index (χ0n) is 14.9. The Morgan fingerprint density at radius 3 is 2.68 bits per heavy atom. The summed E-state index contributed by atoms with van der Waals surface area (Å²) in [5.74, 6) is 0. The SMILES string of the molecule is C1CCC(N2CCOCC2)CC1.O=c1cc[nH]c2sc3c(c12)CCC3. The lowest BCUT2D eigenvalue weighted by atomic mass is 9.94. The number of nitrogens with one attached hydrogen (secondary N) is 1. The fourth-order valence-electron chi connectivity index (χ4n) is 4.43. The number of H-pyrrole nitrogens is 1. The van der Waals surface area contributed by atoms with Crippen LogP contribution in [-0.4, -0.2) is 42.2 Å². The molecule has 0 amide bonds. The molecule has 3 heterocycles. The third kappa shape index (κ3) is 3.83. The van der Waals surface area contributed by atoms with E-state index in [4.69, 9.17) is 4.74 Å². The van der Waals surface area contributed by atoms with E-state index in [0.717, 1.165) is 42.3 Å². The highest BCUT2D eigenvalue weighted by molar-refractivity contribution is 7.18. The van der Waals surface area contributed by atoms with Crippen molar-refractivity contribution >= 4 is 21.6 Å². The number of nitrogens with zero attached hydrogens (tertiary/aromatic N) is 1. The Labute approximate surface area is 153 Å². The van der Waals surface area contributed by atoms with Crippen molar-refractivity contribution in [3.8, 4) is 0 Å². The van der Waals surface area contributed by atoms with Gasteiger partial charge in [0.25, 0.3) is 0 Å². The summed E-state index contributed by atoms with van der Waals surface area (Å²) >= 11 is 1.74. The Morgan fingerprint density at radius 1 is 1.08 bits per heavy atom. The van der Waals surface area contributed by atoms with E-state index >= 15 is 0 Å². The maximum atomic E-state index is 11.6. The number of pyridine rings is 1. The number of ether oxygens (including phenoxy) is 1. The first-order chi connectivity index (χ1) is 12.3. The fraction of sp³-hybridized carbons (Fsp3) is 0.650. The molecular weight excluding hydrogens is 332 g/mol. The number of aromatic nitrogens is 1. The first-order valence-corrected chi connectivity index (χ1v) is 10.6.